The molecule has 2 aliphatic heterocycles. The zero-order valence-electron chi connectivity index (χ0n) is 14.4. The predicted octanol–water partition coefficient (Wildman–Crippen LogP) is 2.82. The molecule has 2 saturated heterocycles. The van der Waals surface area contributed by atoms with Gasteiger partial charge in [0, 0.05) is 16.9 Å². The third kappa shape index (κ3) is 3.36. The highest BCUT2D eigenvalue weighted by Gasteiger charge is 2.49. The fourth-order valence-corrected chi connectivity index (χ4v) is 7.32. The maximum absolute atomic E-state index is 12.2. The summed E-state index contributed by atoms with van der Waals surface area (Å²) < 4.78 is 24.1. The summed E-state index contributed by atoms with van der Waals surface area (Å²) >= 11 is 1.45. The van der Waals surface area contributed by atoms with Crippen LogP contribution >= 0.6 is 11.8 Å². The Balaban J connectivity index is 1.69. The number of amidine groups is 1. The maximum atomic E-state index is 12.2. The molecule has 5 nitrogen and oxygen atoms in total. The summed E-state index contributed by atoms with van der Waals surface area (Å²) in [5.74, 6) is 0.745. The first kappa shape index (κ1) is 17.1. The molecule has 4 rings (SSSR count). The predicted molar refractivity (Wildman–Crippen MR) is 102 cm³/mol. The van der Waals surface area contributed by atoms with Crippen molar-refractivity contribution in [3.8, 4) is 0 Å². The second kappa shape index (κ2) is 6.13. The molecular formula is C18H22N2O3S2. The highest BCUT2D eigenvalue weighted by molar-refractivity contribution is 8.16. The van der Waals surface area contributed by atoms with Crippen molar-refractivity contribution >= 4 is 38.4 Å². The van der Waals surface area contributed by atoms with E-state index >= 15 is 0 Å². The number of amides is 1. The molecule has 1 aliphatic carbocycles. The van der Waals surface area contributed by atoms with Crippen molar-refractivity contribution in [2.24, 2.45) is 10.9 Å². The molecule has 2 heterocycles. The van der Waals surface area contributed by atoms with E-state index in [2.05, 4.69) is 31.0 Å². The quantitative estimate of drug-likeness (QED) is 0.809. The van der Waals surface area contributed by atoms with Crippen LogP contribution in [0.15, 0.2) is 29.3 Å². The number of anilines is 1. The Morgan fingerprint density at radius 2 is 1.88 bits per heavy atom. The van der Waals surface area contributed by atoms with Gasteiger partial charge in [-0.2, -0.15) is 4.99 Å². The van der Waals surface area contributed by atoms with E-state index in [1.54, 1.807) is 0 Å². The van der Waals surface area contributed by atoms with Crippen molar-refractivity contribution in [1.82, 2.24) is 0 Å². The zero-order chi connectivity index (χ0) is 17.8. The fourth-order valence-electron chi connectivity index (χ4n) is 3.40. The van der Waals surface area contributed by atoms with Crippen molar-refractivity contribution in [3.05, 3.63) is 29.8 Å². The van der Waals surface area contributed by atoms with Crippen LogP contribution in [0.25, 0.3) is 0 Å². The number of nitrogens with zero attached hydrogens (tertiary/aromatic N) is 2. The zero-order valence-corrected chi connectivity index (χ0v) is 16.0. The molecule has 25 heavy (non-hydrogen) atoms. The van der Waals surface area contributed by atoms with Crippen molar-refractivity contribution in [1.29, 1.82) is 0 Å². The lowest BCUT2D eigenvalue weighted by Gasteiger charge is -2.25. The highest BCUT2D eigenvalue weighted by Crippen LogP contribution is 2.42. The highest BCUT2D eigenvalue weighted by atomic mass is 32.2. The number of hydrogen-bond donors (Lipinski definition) is 0. The number of carbonyl (C=O) groups is 1. The molecule has 0 spiro atoms. The van der Waals surface area contributed by atoms with Crippen molar-refractivity contribution < 1.29 is 13.2 Å². The summed E-state index contributed by atoms with van der Waals surface area (Å²) in [6.07, 6.45) is 1.84. The second-order valence-electron chi connectivity index (χ2n) is 7.42. The SMILES string of the molecule is CC(C)c1ccc(N2C(=NC(=O)C3CC3)S[C@@H]3CS(=O)(=O)C[C@H]32)cc1. The average molecular weight is 379 g/mol. The molecule has 3 fully saturated rings. The van der Waals surface area contributed by atoms with Crippen molar-refractivity contribution in [2.45, 2.75) is 43.9 Å². The molecule has 134 valence electrons. The minimum absolute atomic E-state index is 0.0412. The molecule has 0 aromatic heterocycles. The minimum atomic E-state index is -3.03. The van der Waals surface area contributed by atoms with E-state index in [1.165, 1.54) is 17.3 Å². The first-order chi connectivity index (χ1) is 11.8. The van der Waals surface area contributed by atoms with Gasteiger partial charge >= 0.3 is 0 Å². The lowest BCUT2D eigenvalue weighted by molar-refractivity contribution is -0.118. The van der Waals surface area contributed by atoms with Crippen LogP contribution in [-0.2, 0) is 14.6 Å². The summed E-state index contributed by atoms with van der Waals surface area (Å²) in [4.78, 5) is 18.5. The van der Waals surface area contributed by atoms with Crippen LogP contribution in [0.4, 0.5) is 5.69 Å². The van der Waals surface area contributed by atoms with Gasteiger partial charge in [-0.15, -0.1) is 0 Å². The molecule has 0 bridgehead atoms. The van der Waals surface area contributed by atoms with Crippen molar-refractivity contribution in [3.63, 3.8) is 0 Å². The van der Waals surface area contributed by atoms with Gasteiger partial charge in [0.2, 0.25) is 0 Å². The van der Waals surface area contributed by atoms with Crippen LogP contribution in [0.1, 0.15) is 38.2 Å². The van der Waals surface area contributed by atoms with Gasteiger partial charge < -0.3 is 4.90 Å². The van der Waals surface area contributed by atoms with Crippen LogP contribution in [0.3, 0.4) is 0 Å². The minimum Gasteiger partial charge on any atom is -0.316 e. The number of hydrogen-bond acceptors (Lipinski definition) is 4. The van der Waals surface area contributed by atoms with Gasteiger partial charge in [-0.25, -0.2) is 8.42 Å². The van der Waals surface area contributed by atoms with E-state index in [1.807, 2.05) is 17.0 Å². The maximum Gasteiger partial charge on any atom is 0.251 e. The number of thioether (sulfide) groups is 1. The lowest BCUT2D eigenvalue weighted by Crippen LogP contribution is -2.37. The van der Waals surface area contributed by atoms with Crippen LogP contribution in [0.2, 0.25) is 0 Å². The Bertz CT molecular complexity index is 826. The molecular weight excluding hydrogens is 356 g/mol. The molecule has 1 aromatic carbocycles. The van der Waals surface area contributed by atoms with E-state index in [9.17, 15) is 13.2 Å². The van der Waals surface area contributed by atoms with Crippen LogP contribution in [-0.4, -0.2) is 42.3 Å². The van der Waals surface area contributed by atoms with Crippen molar-refractivity contribution in [2.75, 3.05) is 16.4 Å². The standard InChI is InChI=1S/C18H22N2O3S2/c1-11(2)12-5-7-14(8-6-12)20-15-9-25(22,23)10-16(15)24-18(20)19-17(21)13-3-4-13/h5-8,11,13,15-16H,3-4,9-10H2,1-2H3/t15-,16-/m1/s1. The Hall–Kier alpha value is -1.34. The molecule has 3 aliphatic rings. The molecule has 0 N–H and O–H groups in total. The molecule has 7 heteroatoms. The number of sulfone groups is 1. The first-order valence-corrected chi connectivity index (χ1v) is 11.4. The molecule has 2 atom stereocenters. The number of fused-ring (bicyclic) bond motifs is 1. The monoisotopic (exact) mass is 378 g/mol. The van der Waals surface area contributed by atoms with E-state index in [0.717, 1.165) is 18.5 Å². The molecule has 1 aromatic rings. The molecule has 1 amide bonds. The van der Waals surface area contributed by atoms with Gasteiger partial charge in [-0.3, -0.25) is 4.79 Å². The van der Waals surface area contributed by atoms with Crippen LogP contribution in [0, 0.1) is 5.92 Å². The first-order valence-electron chi connectivity index (χ1n) is 8.73. The third-order valence-electron chi connectivity index (χ3n) is 5.04. The number of carbonyl (C=O) groups excluding carboxylic acids is 1. The van der Waals surface area contributed by atoms with Gasteiger partial charge in [-0.1, -0.05) is 37.7 Å². The lowest BCUT2D eigenvalue weighted by atomic mass is 10.0. The largest absolute Gasteiger partial charge is 0.316 e. The summed E-state index contributed by atoms with van der Waals surface area (Å²) in [6, 6.07) is 8.04. The summed E-state index contributed by atoms with van der Waals surface area (Å²) in [6.45, 7) is 4.28. The fraction of sp³-hybridized carbons (Fsp3) is 0.556. The topological polar surface area (TPSA) is 66.8 Å². The van der Waals surface area contributed by atoms with Gasteiger partial charge in [-0.05, 0) is 36.5 Å². The van der Waals surface area contributed by atoms with E-state index in [4.69, 9.17) is 0 Å². The molecule has 0 radical (unpaired) electrons. The Labute approximate surface area is 152 Å². The number of rotatable bonds is 3. The summed E-state index contributed by atoms with van der Waals surface area (Å²) in [7, 11) is -3.03. The normalized spacial score (nSPS) is 29.4. The van der Waals surface area contributed by atoms with Gasteiger partial charge in [0.1, 0.15) is 0 Å². The third-order valence-corrected chi connectivity index (χ3v) is 8.25. The Morgan fingerprint density at radius 3 is 2.48 bits per heavy atom. The molecule has 0 unspecified atom stereocenters. The van der Waals surface area contributed by atoms with Gasteiger partial charge in [0.25, 0.3) is 5.91 Å². The van der Waals surface area contributed by atoms with E-state index in [0.29, 0.717) is 11.1 Å². The number of benzene rings is 1. The van der Waals surface area contributed by atoms with E-state index < -0.39 is 9.84 Å². The number of aliphatic imine (C=N–C) groups is 1. The van der Waals surface area contributed by atoms with Gasteiger partial charge in [0.05, 0.1) is 17.5 Å². The molecule has 1 saturated carbocycles. The second-order valence-corrected chi connectivity index (χ2v) is 10.8. The Kier molecular flexibility index (Phi) is 4.19. The smallest absolute Gasteiger partial charge is 0.251 e. The Morgan fingerprint density at radius 1 is 1.20 bits per heavy atom. The summed E-state index contributed by atoms with van der Waals surface area (Å²) in [5.41, 5.74) is 2.16. The van der Waals surface area contributed by atoms with Crippen LogP contribution in [0.5, 0.6) is 0 Å². The van der Waals surface area contributed by atoms with E-state index in [-0.39, 0.29) is 34.6 Å². The van der Waals surface area contributed by atoms with Gasteiger partial charge in [0.15, 0.2) is 15.0 Å². The average Bonchev–Trinajstić information content (AvgIpc) is 3.28. The summed E-state index contributed by atoms with van der Waals surface area (Å²) in [5, 5.41) is 0.625. The van der Waals surface area contributed by atoms with Crippen LogP contribution < -0.4 is 4.90 Å².